The molecule has 2 heterocycles. The van der Waals surface area contributed by atoms with Crippen LogP contribution in [-0.2, 0) is 23.9 Å². The first-order chi connectivity index (χ1) is 10.2. The molecule has 6 heteroatoms. The van der Waals surface area contributed by atoms with Crippen LogP contribution in [0.3, 0.4) is 0 Å². The van der Waals surface area contributed by atoms with Crippen LogP contribution in [0, 0.1) is 16.7 Å². The highest BCUT2D eigenvalue weighted by molar-refractivity contribution is 6.02. The summed E-state index contributed by atoms with van der Waals surface area (Å²) >= 11 is 0. The monoisotopic (exact) mass is 304 g/mol. The molecule has 4 aliphatic rings. The molecule has 2 saturated heterocycles. The van der Waals surface area contributed by atoms with Crippen molar-refractivity contribution < 1.29 is 29.0 Å². The Bertz CT molecular complexity index is 691. The summed E-state index contributed by atoms with van der Waals surface area (Å²) < 4.78 is 10.4. The van der Waals surface area contributed by atoms with Gasteiger partial charge in [-0.3, -0.25) is 14.4 Å². The van der Waals surface area contributed by atoms with E-state index in [9.17, 15) is 19.5 Å². The van der Waals surface area contributed by atoms with Gasteiger partial charge in [-0.15, -0.1) is 0 Å². The maximum atomic E-state index is 12.7. The molecule has 0 aromatic rings. The Morgan fingerprint density at radius 3 is 2.73 bits per heavy atom. The van der Waals surface area contributed by atoms with Crippen LogP contribution in [0.25, 0.3) is 0 Å². The number of cyclic esters (lactones) is 1. The Labute approximate surface area is 126 Å². The molecule has 116 valence electrons. The molecule has 0 spiro atoms. The highest BCUT2D eigenvalue weighted by atomic mass is 16.6. The van der Waals surface area contributed by atoms with Crippen LogP contribution in [0.15, 0.2) is 23.8 Å². The number of hydrogen-bond acceptors (Lipinski definition) is 6. The van der Waals surface area contributed by atoms with Crippen molar-refractivity contribution in [3.8, 4) is 0 Å². The molecule has 0 radical (unpaired) electrons. The Balaban J connectivity index is 2.00. The molecule has 22 heavy (non-hydrogen) atoms. The lowest BCUT2D eigenvalue weighted by molar-refractivity contribution is -0.178. The van der Waals surface area contributed by atoms with Crippen molar-refractivity contribution >= 4 is 17.7 Å². The largest absolute Gasteiger partial charge is 0.461 e. The molecular weight excluding hydrogens is 288 g/mol. The van der Waals surface area contributed by atoms with E-state index in [2.05, 4.69) is 0 Å². The highest BCUT2D eigenvalue weighted by Crippen LogP contribution is 2.62. The molecule has 2 aliphatic carbocycles. The van der Waals surface area contributed by atoms with Crippen molar-refractivity contribution in [2.45, 2.75) is 32.0 Å². The van der Waals surface area contributed by atoms with Gasteiger partial charge in [-0.1, -0.05) is 6.08 Å². The minimum absolute atomic E-state index is 0.0839. The van der Waals surface area contributed by atoms with E-state index in [0.717, 1.165) is 0 Å². The number of ether oxygens (including phenoxy) is 2. The summed E-state index contributed by atoms with van der Waals surface area (Å²) in [6, 6.07) is 0. The van der Waals surface area contributed by atoms with Gasteiger partial charge >= 0.3 is 11.9 Å². The fraction of sp³-hybridized carbons (Fsp3) is 0.562. The molecule has 2 fully saturated rings. The van der Waals surface area contributed by atoms with E-state index in [4.69, 9.17) is 9.47 Å². The number of esters is 2. The molecule has 6 nitrogen and oxygen atoms in total. The first kappa shape index (κ1) is 13.7. The summed E-state index contributed by atoms with van der Waals surface area (Å²) in [6.07, 6.45) is 3.66. The van der Waals surface area contributed by atoms with Gasteiger partial charge in [-0.05, 0) is 31.6 Å². The van der Waals surface area contributed by atoms with Gasteiger partial charge < -0.3 is 14.6 Å². The van der Waals surface area contributed by atoms with E-state index in [1.54, 1.807) is 26.0 Å². The number of carbonyl (C=O) groups is 3. The Hall–Kier alpha value is -1.95. The second-order valence-electron chi connectivity index (χ2n) is 6.92. The molecule has 0 bridgehead atoms. The number of carbonyl (C=O) groups excluding carboxylic acids is 3. The third-order valence-electron chi connectivity index (χ3n) is 5.92. The standard InChI is InChI=1S/C16H16O6/c1-14-4-3-10(17)15(2)12(14)9(22-13(14)19)5-8-7-21-11(18)6-16(8,15)20/h3-5,9,12,20H,6-7H2,1-2H3/t9-,12+,14+,15+,16-/m1/s1. The Kier molecular flexibility index (Phi) is 2.29. The van der Waals surface area contributed by atoms with Gasteiger partial charge in [-0.25, -0.2) is 0 Å². The molecule has 0 saturated carbocycles. The van der Waals surface area contributed by atoms with Crippen molar-refractivity contribution in [1.29, 1.82) is 0 Å². The van der Waals surface area contributed by atoms with E-state index in [-0.39, 0.29) is 18.8 Å². The fourth-order valence-corrected chi connectivity index (χ4v) is 4.61. The van der Waals surface area contributed by atoms with Crippen molar-refractivity contribution in [3.63, 3.8) is 0 Å². The SMILES string of the molecule is C[C@@]12C(=O)C=C[C@]3(C)C(=O)O[C@H](C=C4COC(=O)C[C@@]41O)[C@H]23. The quantitative estimate of drug-likeness (QED) is 0.511. The molecule has 1 N–H and O–H groups in total. The van der Waals surface area contributed by atoms with Crippen LogP contribution in [0.1, 0.15) is 20.3 Å². The van der Waals surface area contributed by atoms with Gasteiger partial charge in [0, 0.05) is 5.92 Å². The molecule has 4 rings (SSSR count). The molecule has 5 atom stereocenters. The number of hydrogen-bond donors (Lipinski definition) is 1. The predicted molar refractivity (Wildman–Crippen MR) is 72.3 cm³/mol. The van der Waals surface area contributed by atoms with E-state index < -0.39 is 40.4 Å². The second-order valence-corrected chi connectivity index (χ2v) is 6.92. The van der Waals surface area contributed by atoms with E-state index in [1.165, 1.54) is 6.08 Å². The van der Waals surface area contributed by atoms with Crippen LogP contribution in [-0.4, -0.2) is 41.1 Å². The van der Waals surface area contributed by atoms with Crippen molar-refractivity contribution in [2.75, 3.05) is 6.61 Å². The second kappa shape index (κ2) is 3.68. The lowest BCUT2D eigenvalue weighted by Crippen LogP contribution is -2.66. The third kappa shape index (κ3) is 1.24. The molecule has 2 aliphatic heterocycles. The van der Waals surface area contributed by atoms with Crippen LogP contribution < -0.4 is 0 Å². The highest BCUT2D eigenvalue weighted by Gasteiger charge is 2.72. The number of ketones is 1. The van der Waals surface area contributed by atoms with Crippen LogP contribution in [0.4, 0.5) is 0 Å². The minimum atomic E-state index is -1.64. The summed E-state index contributed by atoms with van der Waals surface area (Å²) in [5.74, 6) is -1.79. The third-order valence-corrected chi connectivity index (χ3v) is 5.92. The molecular formula is C16H16O6. The van der Waals surface area contributed by atoms with Crippen LogP contribution in [0.2, 0.25) is 0 Å². The maximum absolute atomic E-state index is 12.7. The van der Waals surface area contributed by atoms with E-state index >= 15 is 0 Å². The van der Waals surface area contributed by atoms with Gasteiger partial charge in [0.15, 0.2) is 5.78 Å². The molecule has 0 unspecified atom stereocenters. The van der Waals surface area contributed by atoms with E-state index in [0.29, 0.717) is 5.57 Å². The molecule has 0 aromatic carbocycles. The van der Waals surface area contributed by atoms with Gasteiger partial charge in [0.25, 0.3) is 0 Å². The minimum Gasteiger partial charge on any atom is -0.461 e. The lowest BCUT2D eigenvalue weighted by atomic mass is 9.47. The van der Waals surface area contributed by atoms with Gasteiger partial charge in [0.05, 0.1) is 17.3 Å². The van der Waals surface area contributed by atoms with E-state index in [1.807, 2.05) is 0 Å². The number of allylic oxidation sites excluding steroid dienone is 1. The van der Waals surface area contributed by atoms with Gasteiger partial charge in [-0.2, -0.15) is 0 Å². The van der Waals surface area contributed by atoms with Crippen molar-refractivity contribution in [2.24, 2.45) is 16.7 Å². The lowest BCUT2D eigenvalue weighted by Gasteiger charge is -2.56. The van der Waals surface area contributed by atoms with Crippen LogP contribution >= 0.6 is 0 Å². The predicted octanol–water partition coefficient (Wildman–Crippen LogP) is 0.298. The number of rotatable bonds is 0. The molecule has 0 amide bonds. The fourth-order valence-electron chi connectivity index (χ4n) is 4.61. The maximum Gasteiger partial charge on any atom is 0.316 e. The number of aliphatic hydroxyl groups is 1. The van der Waals surface area contributed by atoms with Crippen molar-refractivity contribution in [3.05, 3.63) is 23.8 Å². The Morgan fingerprint density at radius 2 is 2.00 bits per heavy atom. The summed E-state index contributed by atoms with van der Waals surface area (Å²) in [4.78, 5) is 36.7. The van der Waals surface area contributed by atoms with Gasteiger partial charge in [0.1, 0.15) is 18.3 Å². The summed E-state index contributed by atoms with van der Waals surface area (Å²) in [5, 5.41) is 11.3. The zero-order valence-corrected chi connectivity index (χ0v) is 12.3. The topological polar surface area (TPSA) is 89.9 Å². The van der Waals surface area contributed by atoms with Crippen LogP contribution in [0.5, 0.6) is 0 Å². The van der Waals surface area contributed by atoms with Crippen molar-refractivity contribution in [1.82, 2.24) is 0 Å². The smallest absolute Gasteiger partial charge is 0.316 e. The zero-order chi connectivity index (χ0) is 15.9. The Morgan fingerprint density at radius 1 is 1.27 bits per heavy atom. The average Bonchev–Trinajstić information content (AvgIpc) is 2.70. The zero-order valence-electron chi connectivity index (χ0n) is 12.3. The normalized spacial score (nSPS) is 49.0. The number of fused-ring (bicyclic) bond motifs is 2. The molecule has 0 aromatic heterocycles. The summed E-state index contributed by atoms with van der Waals surface area (Å²) in [5.41, 5.74) is -3.47. The summed E-state index contributed by atoms with van der Waals surface area (Å²) in [6.45, 7) is 3.26. The van der Waals surface area contributed by atoms with Gasteiger partial charge in [0.2, 0.25) is 0 Å². The summed E-state index contributed by atoms with van der Waals surface area (Å²) in [7, 11) is 0. The first-order valence-corrected chi connectivity index (χ1v) is 7.27. The average molecular weight is 304 g/mol. The first-order valence-electron chi connectivity index (χ1n) is 7.27.